The molecule has 0 aliphatic heterocycles. The summed E-state index contributed by atoms with van der Waals surface area (Å²) in [5, 5.41) is 3.17. The zero-order valence-electron chi connectivity index (χ0n) is 8.72. The van der Waals surface area contributed by atoms with Gasteiger partial charge in [0, 0.05) is 20.1 Å². The highest BCUT2D eigenvalue weighted by Gasteiger charge is 2.09. The number of amides is 1. The van der Waals surface area contributed by atoms with E-state index >= 15 is 0 Å². The van der Waals surface area contributed by atoms with Crippen LogP contribution in [-0.4, -0.2) is 37.5 Å². The van der Waals surface area contributed by atoms with E-state index in [0.29, 0.717) is 18.5 Å². The number of carbonyl (C=O) groups excluding carboxylic acids is 1. The van der Waals surface area contributed by atoms with Gasteiger partial charge in [-0.05, 0) is 12.8 Å². The van der Waals surface area contributed by atoms with Crippen LogP contribution in [0.2, 0.25) is 0 Å². The summed E-state index contributed by atoms with van der Waals surface area (Å²) in [7, 11) is 3.54. The van der Waals surface area contributed by atoms with Crippen molar-refractivity contribution in [2.24, 2.45) is 5.92 Å². The molecule has 3 heteroatoms. The Kier molecular flexibility index (Phi) is 4.90. The molecule has 1 atom stereocenters. The smallest absolute Gasteiger partial charge is 0.236 e. The second kappa shape index (κ2) is 5.14. The van der Waals surface area contributed by atoms with Crippen LogP contribution in [0.15, 0.2) is 0 Å². The molecule has 1 amide bonds. The summed E-state index contributed by atoms with van der Waals surface area (Å²) in [6.07, 6.45) is 0. The second-order valence-electron chi connectivity index (χ2n) is 3.70. The number of hydrogen-bond donors (Lipinski definition) is 1. The molecule has 0 fully saturated rings. The normalized spacial score (nSPS) is 13.2. The molecular formula is C9H20N2O. The predicted molar refractivity (Wildman–Crippen MR) is 51.0 cm³/mol. The molecule has 0 spiro atoms. The first-order valence-corrected chi connectivity index (χ1v) is 4.38. The van der Waals surface area contributed by atoms with Crippen LogP contribution in [0.3, 0.4) is 0 Å². The summed E-state index contributed by atoms with van der Waals surface area (Å²) in [5.41, 5.74) is 0. The highest BCUT2D eigenvalue weighted by atomic mass is 16.2. The van der Waals surface area contributed by atoms with Gasteiger partial charge in [-0.1, -0.05) is 13.8 Å². The summed E-state index contributed by atoms with van der Waals surface area (Å²) in [6, 6.07) is 0.397. The fraction of sp³-hybridized carbons (Fsp3) is 0.889. The third kappa shape index (κ3) is 4.34. The van der Waals surface area contributed by atoms with Crippen molar-refractivity contribution in [3.05, 3.63) is 0 Å². The van der Waals surface area contributed by atoms with Crippen molar-refractivity contribution in [1.82, 2.24) is 10.2 Å². The van der Waals surface area contributed by atoms with Gasteiger partial charge in [0.2, 0.25) is 5.91 Å². The number of likely N-dealkylation sites (N-methyl/N-ethyl adjacent to an activating group) is 1. The highest BCUT2D eigenvalue weighted by molar-refractivity contribution is 5.77. The van der Waals surface area contributed by atoms with E-state index in [2.05, 4.69) is 26.1 Å². The van der Waals surface area contributed by atoms with Crippen molar-refractivity contribution in [2.45, 2.75) is 26.8 Å². The van der Waals surface area contributed by atoms with Crippen LogP contribution in [0.5, 0.6) is 0 Å². The fourth-order valence-corrected chi connectivity index (χ4v) is 0.642. The second-order valence-corrected chi connectivity index (χ2v) is 3.70. The van der Waals surface area contributed by atoms with Gasteiger partial charge in [0.1, 0.15) is 0 Å². The van der Waals surface area contributed by atoms with Crippen molar-refractivity contribution >= 4 is 5.91 Å². The molecule has 3 nitrogen and oxygen atoms in total. The first kappa shape index (κ1) is 11.4. The summed E-state index contributed by atoms with van der Waals surface area (Å²) in [6.45, 7) is 6.80. The Morgan fingerprint density at radius 3 is 2.17 bits per heavy atom. The van der Waals surface area contributed by atoms with Crippen molar-refractivity contribution in [1.29, 1.82) is 0 Å². The molecule has 1 N–H and O–H groups in total. The van der Waals surface area contributed by atoms with E-state index in [1.165, 1.54) is 0 Å². The Hall–Kier alpha value is -0.570. The monoisotopic (exact) mass is 172 g/mol. The molecule has 0 heterocycles. The molecule has 0 aliphatic rings. The molecule has 0 aromatic heterocycles. The molecule has 0 radical (unpaired) electrons. The third-order valence-corrected chi connectivity index (χ3v) is 2.07. The van der Waals surface area contributed by atoms with E-state index < -0.39 is 0 Å². The molecular weight excluding hydrogens is 152 g/mol. The minimum absolute atomic E-state index is 0.127. The molecule has 0 aliphatic carbocycles. The van der Waals surface area contributed by atoms with Gasteiger partial charge in [-0.15, -0.1) is 0 Å². The summed E-state index contributed by atoms with van der Waals surface area (Å²) in [4.78, 5) is 12.7. The number of rotatable bonds is 4. The van der Waals surface area contributed by atoms with Crippen LogP contribution >= 0.6 is 0 Å². The van der Waals surface area contributed by atoms with Crippen LogP contribution < -0.4 is 5.32 Å². The van der Waals surface area contributed by atoms with Gasteiger partial charge in [-0.2, -0.15) is 0 Å². The zero-order chi connectivity index (χ0) is 9.72. The lowest BCUT2D eigenvalue weighted by Gasteiger charge is -2.18. The van der Waals surface area contributed by atoms with E-state index in [9.17, 15) is 4.79 Å². The Balaban J connectivity index is 3.61. The Bertz CT molecular complexity index is 143. The third-order valence-electron chi connectivity index (χ3n) is 2.07. The molecule has 12 heavy (non-hydrogen) atoms. The maximum atomic E-state index is 11.1. The number of nitrogens with one attached hydrogen (secondary N) is 1. The molecule has 0 saturated heterocycles. The largest absolute Gasteiger partial charge is 0.348 e. The Labute approximate surface area is 75.1 Å². The Morgan fingerprint density at radius 2 is 1.83 bits per heavy atom. The van der Waals surface area contributed by atoms with Gasteiger partial charge >= 0.3 is 0 Å². The van der Waals surface area contributed by atoms with E-state index in [4.69, 9.17) is 0 Å². The Morgan fingerprint density at radius 1 is 1.33 bits per heavy atom. The lowest BCUT2D eigenvalue weighted by molar-refractivity contribution is -0.127. The van der Waals surface area contributed by atoms with Crippen LogP contribution in [0.25, 0.3) is 0 Å². The molecule has 0 aromatic rings. The number of carbonyl (C=O) groups is 1. The molecule has 0 bridgehead atoms. The average molecular weight is 172 g/mol. The van der Waals surface area contributed by atoms with Crippen LogP contribution in [0.4, 0.5) is 0 Å². The average Bonchev–Trinajstić information content (AvgIpc) is 1.98. The predicted octanol–water partition coefficient (Wildman–Crippen LogP) is 0.709. The van der Waals surface area contributed by atoms with Gasteiger partial charge < -0.3 is 10.2 Å². The number of nitrogens with zero attached hydrogens (tertiary/aromatic N) is 1. The lowest BCUT2D eigenvalue weighted by Crippen LogP contribution is -2.39. The van der Waals surface area contributed by atoms with E-state index in [1.807, 2.05) is 0 Å². The zero-order valence-corrected chi connectivity index (χ0v) is 8.72. The first-order chi connectivity index (χ1) is 5.45. The van der Waals surface area contributed by atoms with Gasteiger partial charge in [-0.3, -0.25) is 4.79 Å². The fourth-order valence-electron chi connectivity index (χ4n) is 0.642. The van der Waals surface area contributed by atoms with Crippen molar-refractivity contribution in [3.63, 3.8) is 0 Å². The summed E-state index contributed by atoms with van der Waals surface area (Å²) < 4.78 is 0. The van der Waals surface area contributed by atoms with Crippen molar-refractivity contribution < 1.29 is 4.79 Å². The van der Waals surface area contributed by atoms with Crippen LogP contribution in [0.1, 0.15) is 20.8 Å². The number of hydrogen-bond acceptors (Lipinski definition) is 2. The van der Waals surface area contributed by atoms with E-state index in [0.717, 1.165) is 0 Å². The standard InChI is InChI=1S/C9H20N2O/c1-7(2)8(3)10-6-9(12)11(4)5/h7-8,10H,6H2,1-5H3. The van der Waals surface area contributed by atoms with Crippen molar-refractivity contribution in [2.75, 3.05) is 20.6 Å². The molecule has 1 unspecified atom stereocenters. The first-order valence-electron chi connectivity index (χ1n) is 4.38. The minimum atomic E-state index is 0.127. The van der Waals surface area contributed by atoms with Crippen LogP contribution in [0, 0.1) is 5.92 Å². The topological polar surface area (TPSA) is 32.3 Å². The SMILES string of the molecule is CC(C)C(C)NCC(=O)N(C)C. The molecule has 0 aromatic carbocycles. The van der Waals surface area contributed by atoms with E-state index in [1.54, 1.807) is 19.0 Å². The van der Waals surface area contributed by atoms with Crippen molar-refractivity contribution in [3.8, 4) is 0 Å². The highest BCUT2D eigenvalue weighted by Crippen LogP contribution is 1.98. The van der Waals surface area contributed by atoms with Gasteiger partial charge in [-0.25, -0.2) is 0 Å². The molecule has 0 saturated carbocycles. The molecule has 0 rings (SSSR count). The summed E-state index contributed by atoms with van der Waals surface area (Å²) in [5.74, 6) is 0.697. The quantitative estimate of drug-likeness (QED) is 0.677. The maximum Gasteiger partial charge on any atom is 0.236 e. The minimum Gasteiger partial charge on any atom is -0.348 e. The van der Waals surface area contributed by atoms with Gasteiger partial charge in [0.05, 0.1) is 6.54 Å². The molecule has 72 valence electrons. The summed E-state index contributed by atoms with van der Waals surface area (Å²) >= 11 is 0. The lowest BCUT2D eigenvalue weighted by atomic mass is 10.1. The van der Waals surface area contributed by atoms with E-state index in [-0.39, 0.29) is 5.91 Å². The van der Waals surface area contributed by atoms with Gasteiger partial charge in [0.15, 0.2) is 0 Å². The van der Waals surface area contributed by atoms with Crippen LogP contribution in [-0.2, 0) is 4.79 Å². The van der Waals surface area contributed by atoms with Gasteiger partial charge in [0.25, 0.3) is 0 Å². The maximum absolute atomic E-state index is 11.1.